The van der Waals surface area contributed by atoms with Crippen molar-refractivity contribution < 1.29 is 9.34 Å². The molecule has 0 unspecified atom stereocenters. The van der Waals surface area contributed by atoms with Gasteiger partial charge < -0.3 is 9.73 Å². The highest BCUT2D eigenvalue weighted by Crippen LogP contribution is 2.41. The van der Waals surface area contributed by atoms with Crippen molar-refractivity contribution in [2.75, 3.05) is 5.32 Å². The topological polar surface area (TPSA) is 158 Å². The molecule has 0 aliphatic carbocycles. The number of fused-ring (bicyclic) bond motifs is 2. The minimum absolute atomic E-state index is 0.0966. The summed E-state index contributed by atoms with van der Waals surface area (Å²) in [7, 11) is 0. The number of aromatic amines is 1. The number of nitrogens with one attached hydrogen (secondary N) is 2. The third-order valence-electron chi connectivity index (χ3n) is 4.41. The quantitative estimate of drug-likeness (QED) is 0.351. The van der Waals surface area contributed by atoms with Gasteiger partial charge in [-0.3, -0.25) is 14.9 Å². The average molecular weight is 378 g/mol. The van der Waals surface area contributed by atoms with Crippen LogP contribution < -0.4 is 10.9 Å². The van der Waals surface area contributed by atoms with E-state index in [4.69, 9.17) is 4.42 Å². The van der Waals surface area contributed by atoms with Gasteiger partial charge in [0, 0.05) is 23.3 Å². The van der Waals surface area contributed by atoms with Crippen LogP contribution in [0, 0.1) is 10.1 Å². The fraction of sp³-hybridized carbons (Fsp3) is 0.0625. The number of hydrogen-bond acceptors (Lipinski definition) is 9. The minimum Gasteiger partial charge on any atom is -0.467 e. The van der Waals surface area contributed by atoms with Gasteiger partial charge in [0.15, 0.2) is 0 Å². The highest BCUT2D eigenvalue weighted by Gasteiger charge is 2.36. The molecule has 0 saturated carbocycles. The lowest BCUT2D eigenvalue weighted by atomic mass is 9.96. The standard InChI is InChI=1S/C16H10N8O4/c25-15-13-11(12(18-19-15)8-3-1-4-9(7-8)24(26)27)14(10-5-2-6-28-10)23-16(17-13)20-21-22-23/h1-7,14H,(H,19,25)(H,17,20,22)/t14-/m0/s1. The first-order valence-corrected chi connectivity index (χ1v) is 8.09. The van der Waals surface area contributed by atoms with Gasteiger partial charge in [0.05, 0.1) is 16.9 Å². The number of nitro benzene ring substituents is 1. The van der Waals surface area contributed by atoms with Crippen LogP contribution >= 0.6 is 0 Å². The van der Waals surface area contributed by atoms with Gasteiger partial charge in [-0.25, -0.2) is 5.10 Å². The second-order valence-electron chi connectivity index (χ2n) is 5.99. The Balaban J connectivity index is 1.81. The Morgan fingerprint density at radius 3 is 2.93 bits per heavy atom. The molecule has 5 rings (SSSR count). The molecule has 0 spiro atoms. The summed E-state index contributed by atoms with van der Waals surface area (Å²) in [4.78, 5) is 23.2. The molecule has 3 aromatic heterocycles. The summed E-state index contributed by atoms with van der Waals surface area (Å²) < 4.78 is 7.02. The van der Waals surface area contributed by atoms with Gasteiger partial charge in [0.1, 0.15) is 17.5 Å². The number of tetrazole rings is 1. The fourth-order valence-electron chi connectivity index (χ4n) is 3.23. The van der Waals surface area contributed by atoms with Crippen molar-refractivity contribution in [2.45, 2.75) is 6.04 Å². The molecule has 12 nitrogen and oxygen atoms in total. The second kappa shape index (κ2) is 5.84. The summed E-state index contributed by atoms with van der Waals surface area (Å²) in [6, 6.07) is 8.73. The fourth-order valence-corrected chi connectivity index (χ4v) is 3.23. The zero-order valence-electron chi connectivity index (χ0n) is 13.9. The maximum Gasteiger partial charge on any atom is 0.288 e. The van der Waals surface area contributed by atoms with E-state index >= 15 is 0 Å². The molecule has 12 heteroatoms. The molecule has 0 saturated heterocycles. The summed E-state index contributed by atoms with van der Waals surface area (Å²) in [5.74, 6) is 0.742. The van der Waals surface area contributed by atoms with Gasteiger partial charge in [-0.05, 0) is 22.6 Å². The van der Waals surface area contributed by atoms with Gasteiger partial charge in [0.2, 0.25) is 5.95 Å². The Morgan fingerprint density at radius 2 is 2.14 bits per heavy atom. The number of rotatable bonds is 3. The summed E-state index contributed by atoms with van der Waals surface area (Å²) in [6.45, 7) is 0. The third-order valence-corrected chi connectivity index (χ3v) is 4.41. The van der Waals surface area contributed by atoms with E-state index in [2.05, 4.69) is 31.0 Å². The predicted octanol–water partition coefficient (Wildman–Crippen LogP) is 1.62. The third kappa shape index (κ3) is 2.28. The Bertz CT molecular complexity index is 1260. The number of nitro groups is 1. The number of aromatic nitrogens is 6. The van der Waals surface area contributed by atoms with E-state index in [0.717, 1.165) is 0 Å². The molecule has 138 valence electrons. The van der Waals surface area contributed by atoms with Crippen LogP contribution in [0.25, 0.3) is 11.3 Å². The van der Waals surface area contributed by atoms with Crippen molar-refractivity contribution in [3.63, 3.8) is 0 Å². The maximum atomic E-state index is 12.5. The molecule has 1 aliphatic rings. The first kappa shape index (κ1) is 15.9. The summed E-state index contributed by atoms with van der Waals surface area (Å²) in [5, 5.41) is 32.2. The molecule has 28 heavy (non-hydrogen) atoms. The lowest BCUT2D eigenvalue weighted by molar-refractivity contribution is -0.384. The predicted molar refractivity (Wildman–Crippen MR) is 94.0 cm³/mol. The van der Waals surface area contributed by atoms with E-state index in [9.17, 15) is 14.9 Å². The molecular formula is C16H10N8O4. The Labute approximate surface area is 155 Å². The number of anilines is 2. The molecule has 1 aliphatic heterocycles. The van der Waals surface area contributed by atoms with E-state index in [1.807, 2.05) is 0 Å². The largest absolute Gasteiger partial charge is 0.467 e. The van der Waals surface area contributed by atoms with Gasteiger partial charge in [0.25, 0.3) is 11.2 Å². The van der Waals surface area contributed by atoms with E-state index in [0.29, 0.717) is 22.6 Å². The molecule has 1 aromatic carbocycles. The van der Waals surface area contributed by atoms with Gasteiger partial charge >= 0.3 is 0 Å². The smallest absolute Gasteiger partial charge is 0.288 e. The summed E-state index contributed by atoms with van der Waals surface area (Å²) in [5.41, 5.74) is 0.861. The van der Waals surface area contributed by atoms with Crippen LogP contribution in [0.1, 0.15) is 17.4 Å². The highest BCUT2D eigenvalue weighted by atomic mass is 16.6. The van der Waals surface area contributed by atoms with Crippen LogP contribution in [0.15, 0.2) is 51.9 Å². The van der Waals surface area contributed by atoms with E-state index in [1.54, 1.807) is 24.3 Å². The second-order valence-corrected chi connectivity index (χ2v) is 5.99. The first-order valence-electron chi connectivity index (χ1n) is 8.09. The lowest BCUT2D eigenvalue weighted by Crippen LogP contribution is -2.28. The van der Waals surface area contributed by atoms with Crippen LogP contribution in [0.5, 0.6) is 0 Å². The minimum atomic E-state index is -0.680. The van der Waals surface area contributed by atoms with Crippen LogP contribution in [0.2, 0.25) is 0 Å². The Kier molecular flexibility index (Phi) is 3.31. The van der Waals surface area contributed by atoms with E-state index in [-0.39, 0.29) is 17.3 Å². The van der Waals surface area contributed by atoms with E-state index < -0.39 is 16.5 Å². The van der Waals surface area contributed by atoms with Crippen molar-refractivity contribution in [3.8, 4) is 11.3 Å². The molecule has 2 N–H and O–H groups in total. The molecule has 0 radical (unpaired) electrons. The number of benzene rings is 1. The summed E-state index contributed by atoms with van der Waals surface area (Å²) in [6.07, 6.45) is 1.49. The van der Waals surface area contributed by atoms with Crippen LogP contribution in [0.3, 0.4) is 0 Å². The first-order chi connectivity index (χ1) is 13.6. The van der Waals surface area contributed by atoms with Gasteiger partial charge in [-0.2, -0.15) is 9.78 Å². The number of furan rings is 1. The van der Waals surface area contributed by atoms with E-state index in [1.165, 1.54) is 23.1 Å². The number of non-ortho nitro benzene ring substituents is 1. The van der Waals surface area contributed by atoms with Gasteiger partial charge in [-0.15, -0.1) is 0 Å². The molecule has 4 heterocycles. The van der Waals surface area contributed by atoms with Crippen LogP contribution in [0.4, 0.5) is 17.3 Å². The molecule has 0 amide bonds. The number of nitrogens with zero attached hydrogens (tertiary/aromatic N) is 6. The van der Waals surface area contributed by atoms with Crippen molar-refractivity contribution in [3.05, 3.63) is 74.5 Å². The van der Waals surface area contributed by atoms with Crippen molar-refractivity contribution >= 4 is 17.3 Å². The molecule has 0 fully saturated rings. The van der Waals surface area contributed by atoms with Crippen molar-refractivity contribution in [2.24, 2.45) is 0 Å². The van der Waals surface area contributed by atoms with Gasteiger partial charge in [-0.1, -0.05) is 17.2 Å². The maximum absolute atomic E-state index is 12.5. The van der Waals surface area contributed by atoms with Crippen LogP contribution in [-0.4, -0.2) is 35.3 Å². The number of hydrogen-bond donors (Lipinski definition) is 2. The summed E-state index contributed by atoms with van der Waals surface area (Å²) >= 11 is 0. The SMILES string of the molecule is O=c1[nH]nc(-c2cccc([N+](=O)[O-])c2)c2c1Nc1nnnn1[C@H]2c1ccco1. The zero-order valence-corrected chi connectivity index (χ0v) is 13.9. The molecular weight excluding hydrogens is 368 g/mol. The normalized spacial score (nSPS) is 14.8. The number of H-pyrrole nitrogens is 1. The molecule has 4 aromatic rings. The Morgan fingerprint density at radius 1 is 1.25 bits per heavy atom. The van der Waals surface area contributed by atoms with Crippen molar-refractivity contribution in [1.82, 2.24) is 30.4 Å². The monoisotopic (exact) mass is 378 g/mol. The van der Waals surface area contributed by atoms with Crippen molar-refractivity contribution in [1.29, 1.82) is 0 Å². The highest BCUT2D eigenvalue weighted by molar-refractivity contribution is 5.76. The Hall–Kier alpha value is -4.35. The lowest BCUT2D eigenvalue weighted by Gasteiger charge is -2.26. The molecule has 1 atom stereocenters. The average Bonchev–Trinajstić information content (AvgIpc) is 3.39. The molecule has 0 bridgehead atoms. The van der Waals surface area contributed by atoms with Crippen LogP contribution in [-0.2, 0) is 0 Å². The zero-order chi connectivity index (χ0) is 19.3.